The molecule has 0 radical (unpaired) electrons. The van der Waals surface area contributed by atoms with E-state index in [0.29, 0.717) is 16.7 Å². The first-order valence-electron chi connectivity index (χ1n) is 46.8. The second kappa shape index (κ2) is 49.5. The van der Waals surface area contributed by atoms with Gasteiger partial charge in [-0.3, -0.25) is 19.2 Å². The van der Waals surface area contributed by atoms with Crippen LogP contribution in [0.15, 0.2) is 334 Å². The summed E-state index contributed by atoms with van der Waals surface area (Å²) in [6.07, 6.45) is -35.5. The smallest absolute Gasteiger partial charge is 0.338 e. The van der Waals surface area contributed by atoms with Crippen LogP contribution in [0.5, 0.6) is 0 Å². The van der Waals surface area contributed by atoms with Gasteiger partial charge < -0.3 is 99.2 Å². The molecule has 0 N–H and O–H groups in total. The molecule has 744 valence electrons. The molecular formula is C111H110O31Si. The van der Waals surface area contributed by atoms with Crippen molar-refractivity contribution in [3.63, 3.8) is 0 Å². The molecule has 31 nitrogen and oxygen atoms in total. The maximum Gasteiger partial charge on any atom is 0.338 e. The van der Waals surface area contributed by atoms with Crippen LogP contribution < -0.4 is 10.4 Å². The maximum absolute atomic E-state index is 15.6. The van der Waals surface area contributed by atoms with Crippen molar-refractivity contribution in [1.29, 1.82) is 0 Å². The van der Waals surface area contributed by atoms with Crippen molar-refractivity contribution < 1.29 is 147 Å². The van der Waals surface area contributed by atoms with Crippen molar-refractivity contribution in [3.05, 3.63) is 384 Å². The predicted molar refractivity (Wildman–Crippen MR) is 513 cm³/mol. The maximum atomic E-state index is 15.6. The lowest BCUT2D eigenvalue weighted by Crippen LogP contribution is -2.69. The third kappa shape index (κ3) is 26.8. The van der Waals surface area contributed by atoms with Crippen LogP contribution in [0.3, 0.4) is 0 Å². The SMILES string of the molecule is CC(=O)OC1[C@@H](OC(C)=O)OC(CO[C@@H]2OC(CO[C@@H]3OC(CO[C@@H]4OC(CO[Si](c5ccccc5)(c5ccccc5)C(C)(C)C)[C@@H](OC(=O)c5ccccc5)[C@H](OC(=O)c5ccccc5)C4OC(=O)c4ccccc4)[C@@H](OC(=O)c4ccccc4)[C@H](OC(=O)c4ccccc4)C3OC(=O)c3ccccc3)[C@@H](OCc3ccccc3)[C@H](OCc3ccccc3)C2OCc2ccccc2)[C@@H](OC(C)=O)[C@@H]1OC(C)=O. The van der Waals surface area contributed by atoms with Gasteiger partial charge in [-0.2, -0.15) is 0 Å². The molecule has 20 atom stereocenters. The minimum atomic E-state index is -3.72. The van der Waals surface area contributed by atoms with Gasteiger partial charge in [-0.05, 0) is 105 Å². The quantitative estimate of drug-likeness (QED) is 0.0196. The molecular weight excluding hydrogens is 1860 g/mol. The Kier molecular flexibility index (Phi) is 35.8. The van der Waals surface area contributed by atoms with E-state index in [2.05, 4.69) is 0 Å². The topological polar surface area (TPSA) is 365 Å². The molecule has 4 aliphatic rings. The number of carbonyl (C=O) groups excluding carboxylic acids is 10. The number of ether oxygens (including phenoxy) is 20. The van der Waals surface area contributed by atoms with Crippen LogP contribution in [0.1, 0.15) is 127 Å². The lowest BCUT2D eigenvalue weighted by molar-refractivity contribution is -0.355. The number of benzene rings is 11. The van der Waals surface area contributed by atoms with Gasteiger partial charge in [0.1, 0.15) is 42.7 Å². The summed E-state index contributed by atoms with van der Waals surface area (Å²) in [6.45, 7) is 7.01. The Morgan fingerprint density at radius 2 is 0.441 bits per heavy atom. The fourth-order valence-corrected chi connectivity index (χ4v) is 22.1. The molecule has 4 aliphatic heterocycles. The summed E-state index contributed by atoms with van der Waals surface area (Å²) >= 11 is 0. The first-order chi connectivity index (χ1) is 69.3. The van der Waals surface area contributed by atoms with Crippen molar-refractivity contribution >= 4 is 78.4 Å². The highest BCUT2D eigenvalue weighted by Gasteiger charge is 2.61. The molecule has 0 aromatic heterocycles. The highest BCUT2D eigenvalue weighted by atomic mass is 28.4. The number of carbonyl (C=O) groups is 10. The molecule has 8 unspecified atom stereocenters. The van der Waals surface area contributed by atoms with E-state index in [1.165, 1.54) is 72.8 Å². The highest BCUT2D eigenvalue weighted by Crippen LogP contribution is 2.42. The van der Waals surface area contributed by atoms with Gasteiger partial charge in [-0.25, -0.2) is 28.8 Å². The zero-order valence-corrected chi connectivity index (χ0v) is 80.4. The van der Waals surface area contributed by atoms with Gasteiger partial charge in [-0.1, -0.05) is 282 Å². The van der Waals surface area contributed by atoms with Crippen molar-refractivity contribution in [1.82, 2.24) is 0 Å². The van der Waals surface area contributed by atoms with Crippen molar-refractivity contribution in [3.8, 4) is 0 Å². The van der Waals surface area contributed by atoms with E-state index in [-0.39, 0.29) is 53.2 Å². The number of rotatable bonds is 39. The Hall–Kier alpha value is -14.1. The lowest BCUT2D eigenvalue weighted by atomic mass is 9.96. The number of hydrogen-bond donors (Lipinski definition) is 0. The molecule has 4 heterocycles. The minimum Gasteiger partial charge on any atom is -0.456 e. The van der Waals surface area contributed by atoms with Crippen LogP contribution in [-0.4, -0.2) is 217 Å². The Labute approximate surface area is 827 Å². The van der Waals surface area contributed by atoms with Gasteiger partial charge in [0.2, 0.25) is 12.4 Å². The van der Waals surface area contributed by atoms with Crippen molar-refractivity contribution in [2.24, 2.45) is 0 Å². The van der Waals surface area contributed by atoms with E-state index in [9.17, 15) is 19.2 Å². The molecule has 0 bridgehead atoms. The predicted octanol–water partition coefficient (Wildman–Crippen LogP) is 14.0. The van der Waals surface area contributed by atoms with Crippen LogP contribution in [0.25, 0.3) is 0 Å². The number of esters is 10. The van der Waals surface area contributed by atoms with E-state index in [4.69, 9.17) is 99.2 Å². The Balaban J connectivity index is 0.894. The molecule has 11 aromatic carbocycles. The summed E-state index contributed by atoms with van der Waals surface area (Å²) in [7, 11) is -3.72. The molecule has 4 fully saturated rings. The largest absolute Gasteiger partial charge is 0.456 e. The fourth-order valence-electron chi connectivity index (χ4n) is 17.5. The summed E-state index contributed by atoms with van der Waals surface area (Å²) < 4.78 is 142. The first kappa shape index (κ1) is 103. The summed E-state index contributed by atoms with van der Waals surface area (Å²) in [5, 5.41) is 0.905. The molecule has 32 heteroatoms. The average Bonchev–Trinajstić information content (AvgIpc) is 0.744. The average molecular weight is 1970 g/mol. The molecule has 0 aliphatic carbocycles. The lowest BCUT2D eigenvalue weighted by Gasteiger charge is -2.48. The highest BCUT2D eigenvalue weighted by molar-refractivity contribution is 6.99. The zero-order valence-electron chi connectivity index (χ0n) is 79.4. The first-order valence-corrected chi connectivity index (χ1v) is 48.7. The van der Waals surface area contributed by atoms with E-state index in [0.717, 1.165) is 38.1 Å². The molecule has 143 heavy (non-hydrogen) atoms. The van der Waals surface area contributed by atoms with Crippen molar-refractivity contribution in [2.45, 2.75) is 196 Å². The summed E-state index contributed by atoms with van der Waals surface area (Å²) in [6, 6.07) is 93.4. The summed E-state index contributed by atoms with van der Waals surface area (Å²) in [5.41, 5.74) is 1.90. The Bertz CT molecular complexity index is 5950. The van der Waals surface area contributed by atoms with Gasteiger partial charge in [0.25, 0.3) is 8.32 Å². The van der Waals surface area contributed by atoms with Crippen LogP contribution in [0.2, 0.25) is 5.04 Å². The van der Waals surface area contributed by atoms with Crippen molar-refractivity contribution in [2.75, 3.05) is 26.4 Å². The molecule has 15 rings (SSSR count). The van der Waals surface area contributed by atoms with Gasteiger partial charge >= 0.3 is 59.7 Å². The van der Waals surface area contributed by atoms with Gasteiger partial charge in [-0.15, -0.1) is 0 Å². The molecule has 4 saturated heterocycles. The van der Waals surface area contributed by atoms with Crippen LogP contribution in [-0.2, 0) is 138 Å². The van der Waals surface area contributed by atoms with E-state index < -0.39 is 222 Å². The van der Waals surface area contributed by atoms with Crippen LogP contribution in [0, 0.1) is 0 Å². The van der Waals surface area contributed by atoms with E-state index in [1.807, 2.05) is 160 Å². The fraction of sp³-hybridized carbons (Fsp3) is 0.315. The second-order valence-electron chi connectivity index (χ2n) is 35.2. The third-order valence-electron chi connectivity index (χ3n) is 24.1. The zero-order chi connectivity index (χ0) is 100. The minimum absolute atomic E-state index is 0.00928. The van der Waals surface area contributed by atoms with Gasteiger partial charge in [0.05, 0.1) is 79.6 Å². The Morgan fingerprint density at radius 3 is 0.748 bits per heavy atom. The van der Waals surface area contributed by atoms with E-state index in [1.54, 1.807) is 121 Å². The van der Waals surface area contributed by atoms with Gasteiger partial charge in [0, 0.05) is 27.7 Å². The Morgan fingerprint density at radius 1 is 0.224 bits per heavy atom. The molecule has 0 amide bonds. The van der Waals surface area contributed by atoms with E-state index >= 15 is 28.8 Å². The molecule has 11 aromatic rings. The van der Waals surface area contributed by atoms with Crippen LogP contribution in [0.4, 0.5) is 0 Å². The summed E-state index contributed by atoms with van der Waals surface area (Å²) in [5.74, 6) is -9.83. The summed E-state index contributed by atoms with van der Waals surface area (Å²) in [4.78, 5) is 145. The molecule has 0 spiro atoms. The standard InChI is InChI=1S/C111H110O31Si/c1-70(112)129-90-86(136-110(132-73(4)115)100(131-72(3)114)94(90)130-71(2)113)67-125-107-97(124-65-76-45-23-10-24-46-76)93(123-64-75-43-21-9-22-44-75)89(122-63-74-41-19-8-20-42-74)85(133-107)66-126-108-98(141-105(120)81-55-33-15-34-56-81)95(139-103(118)79-51-29-13-30-52-79)91(137-101(116)77-47-25-11-26-48-77)87(134-108)68-127-109-99(142-106(121)82-57-35-16-36-58-82)96(140-104(119)80-53-31-14-32-54-80)92(138-102(117)78-49-27-12-28-50-78)88(135-109)69-128-143(111(5,6)7,83-59-37-17-38-60-83)84-61-39-18-40-62-84/h8-62,85-100,107-110H,63-69H2,1-7H3/t85?,86?,87?,88?,89-,90-,91-,92-,93+,94+,95+,96+,97?,98?,99?,100?,107-,108-,109-,110+/m1/s1. The molecule has 0 saturated carbocycles. The second-order valence-corrected chi connectivity index (χ2v) is 39.5. The number of hydrogen-bond acceptors (Lipinski definition) is 31. The van der Waals surface area contributed by atoms with Crippen LogP contribution >= 0.6 is 0 Å². The monoisotopic (exact) mass is 1970 g/mol. The normalized spacial score (nSPS) is 24.2. The van der Waals surface area contributed by atoms with Gasteiger partial charge in [0.15, 0.2) is 67.7 Å². The third-order valence-corrected chi connectivity index (χ3v) is 29.1.